The second-order valence-electron chi connectivity index (χ2n) is 6.87. The summed E-state index contributed by atoms with van der Waals surface area (Å²) >= 11 is 0. The summed E-state index contributed by atoms with van der Waals surface area (Å²) in [6, 6.07) is 12.8. The Morgan fingerprint density at radius 2 is 1.92 bits per heavy atom. The fraction of sp³-hybridized carbons (Fsp3) is 0.316. The van der Waals surface area contributed by atoms with Gasteiger partial charge >= 0.3 is 6.03 Å². The Morgan fingerprint density at radius 3 is 2.68 bits per heavy atom. The number of benzene rings is 2. The minimum atomic E-state index is -0.864. The number of carbonyl (C=O) groups is 3. The maximum atomic E-state index is 12.6. The van der Waals surface area contributed by atoms with Gasteiger partial charge in [-0.2, -0.15) is 0 Å². The predicted molar refractivity (Wildman–Crippen MR) is 94.0 cm³/mol. The van der Waals surface area contributed by atoms with Crippen LogP contribution in [0.1, 0.15) is 19.8 Å². The lowest BCUT2D eigenvalue weighted by molar-refractivity contribution is -0.134. The van der Waals surface area contributed by atoms with Crippen molar-refractivity contribution in [3.8, 4) is 0 Å². The normalized spacial score (nSPS) is 23.0. The van der Waals surface area contributed by atoms with E-state index in [1.807, 2.05) is 36.4 Å². The molecule has 1 atom stereocenters. The molecule has 0 radical (unpaired) electrons. The Kier molecular flexibility index (Phi) is 3.49. The molecule has 0 bridgehead atoms. The highest BCUT2D eigenvalue weighted by Gasteiger charge is 2.56. The average molecular weight is 337 g/mol. The fourth-order valence-corrected chi connectivity index (χ4v) is 3.46. The number of carbonyl (C=O) groups excluding carboxylic acids is 3. The molecular formula is C19H19N3O3. The molecule has 2 fully saturated rings. The molecule has 128 valence electrons. The molecule has 1 saturated heterocycles. The molecule has 1 aliphatic carbocycles. The van der Waals surface area contributed by atoms with Crippen LogP contribution in [-0.4, -0.2) is 34.8 Å². The first-order chi connectivity index (χ1) is 12.0. The highest BCUT2D eigenvalue weighted by atomic mass is 16.2. The zero-order valence-corrected chi connectivity index (χ0v) is 13.9. The van der Waals surface area contributed by atoms with Gasteiger partial charge in [-0.1, -0.05) is 36.4 Å². The van der Waals surface area contributed by atoms with Crippen LogP contribution in [0.15, 0.2) is 42.5 Å². The van der Waals surface area contributed by atoms with E-state index in [1.165, 1.54) is 0 Å². The lowest BCUT2D eigenvalue weighted by atomic mass is 9.96. The van der Waals surface area contributed by atoms with Crippen molar-refractivity contribution in [1.82, 2.24) is 10.2 Å². The molecular weight excluding hydrogens is 318 g/mol. The maximum Gasteiger partial charge on any atom is 0.325 e. The van der Waals surface area contributed by atoms with Crippen LogP contribution in [0.4, 0.5) is 10.5 Å². The van der Waals surface area contributed by atoms with Crippen LogP contribution in [0.3, 0.4) is 0 Å². The summed E-state index contributed by atoms with van der Waals surface area (Å²) in [7, 11) is 0. The van der Waals surface area contributed by atoms with E-state index in [1.54, 1.807) is 13.0 Å². The molecule has 2 aliphatic rings. The number of urea groups is 1. The topological polar surface area (TPSA) is 78.5 Å². The summed E-state index contributed by atoms with van der Waals surface area (Å²) < 4.78 is 0. The van der Waals surface area contributed by atoms with E-state index < -0.39 is 11.6 Å². The van der Waals surface area contributed by atoms with E-state index in [-0.39, 0.29) is 24.3 Å². The van der Waals surface area contributed by atoms with Crippen molar-refractivity contribution in [3.05, 3.63) is 42.5 Å². The Labute approximate surface area is 145 Å². The first kappa shape index (κ1) is 15.6. The highest BCUT2D eigenvalue weighted by molar-refractivity contribution is 6.11. The van der Waals surface area contributed by atoms with E-state index in [0.29, 0.717) is 5.69 Å². The van der Waals surface area contributed by atoms with Crippen LogP contribution in [0.2, 0.25) is 0 Å². The summed E-state index contributed by atoms with van der Waals surface area (Å²) in [5.74, 6) is -0.525. The van der Waals surface area contributed by atoms with Crippen LogP contribution < -0.4 is 10.6 Å². The van der Waals surface area contributed by atoms with Gasteiger partial charge in [-0.3, -0.25) is 14.5 Å². The Bertz CT molecular complexity index is 885. The van der Waals surface area contributed by atoms with Gasteiger partial charge in [-0.15, -0.1) is 0 Å². The van der Waals surface area contributed by atoms with Crippen molar-refractivity contribution in [1.29, 1.82) is 0 Å². The van der Waals surface area contributed by atoms with Gasteiger partial charge in [0.15, 0.2) is 0 Å². The number of anilines is 1. The smallest absolute Gasteiger partial charge is 0.324 e. The molecule has 1 saturated carbocycles. The predicted octanol–water partition coefficient (Wildman–Crippen LogP) is 2.50. The largest absolute Gasteiger partial charge is 0.325 e. The van der Waals surface area contributed by atoms with Crippen LogP contribution in [0.5, 0.6) is 0 Å². The molecule has 2 N–H and O–H groups in total. The summed E-state index contributed by atoms with van der Waals surface area (Å²) in [6.45, 7) is 1.46. The van der Waals surface area contributed by atoms with Crippen molar-refractivity contribution in [2.24, 2.45) is 5.92 Å². The van der Waals surface area contributed by atoms with E-state index in [9.17, 15) is 14.4 Å². The second kappa shape index (κ2) is 5.58. The van der Waals surface area contributed by atoms with Crippen LogP contribution >= 0.6 is 0 Å². The van der Waals surface area contributed by atoms with Crippen LogP contribution in [0.25, 0.3) is 10.8 Å². The molecule has 4 amide bonds. The van der Waals surface area contributed by atoms with Crippen LogP contribution in [-0.2, 0) is 9.59 Å². The van der Waals surface area contributed by atoms with Gasteiger partial charge in [0.05, 0.1) is 0 Å². The zero-order chi connectivity index (χ0) is 17.6. The Hall–Kier alpha value is -2.89. The van der Waals surface area contributed by atoms with Crippen molar-refractivity contribution in [2.75, 3.05) is 11.9 Å². The van der Waals surface area contributed by atoms with Gasteiger partial charge in [0, 0.05) is 11.1 Å². The first-order valence-electron chi connectivity index (χ1n) is 8.41. The standard InChI is InChI=1S/C19H19N3O3/c1-19(13-9-10-13)17(24)22(18(25)21-19)11-16(23)20-15-8-4-6-12-5-2-3-7-14(12)15/h2-8,13H,9-11H2,1H3,(H,20,23)(H,21,25)/t19-/m0/s1. The maximum absolute atomic E-state index is 12.6. The molecule has 6 nitrogen and oxygen atoms in total. The van der Waals surface area contributed by atoms with Crippen molar-refractivity contribution >= 4 is 34.3 Å². The van der Waals surface area contributed by atoms with Gasteiger partial charge in [0.2, 0.25) is 5.91 Å². The molecule has 25 heavy (non-hydrogen) atoms. The number of hydrogen-bond acceptors (Lipinski definition) is 3. The van der Waals surface area contributed by atoms with E-state index >= 15 is 0 Å². The molecule has 0 spiro atoms. The molecule has 0 unspecified atom stereocenters. The van der Waals surface area contributed by atoms with Crippen molar-refractivity contribution in [2.45, 2.75) is 25.3 Å². The lowest BCUT2D eigenvalue weighted by Gasteiger charge is -2.20. The molecule has 1 aliphatic heterocycles. The van der Waals surface area contributed by atoms with E-state index in [4.69, 9.17) is 0 Å². The average Bonchev–Trinajstić information content (AvgIpc) is 3.42. The third-order valence-corrected chi connectivity index (χ3v) is 5.06. The quantitative estimate of drug-likeness (QED) is 0.842. The van der Waals surface area contributed by atoms with Gasteiger partial charge < -0.3 is 10.6 Å². The van der Waals surface area contributed by atoms with E-state index in [0.717, 1.165) is 28.5 Å². The number of imide groups is 1. The summed E-state index contributed by atoms with van der Waals surface area (Å²) in [4.78, 5) is 38.2. The van der Waals surface area contributed by atoms with Gasteiger partial charge in [0.1, 0.15) is 12.1 Å². The monoisotopic (exact) mass is 337 g/mol. The third kappa shape index (κ3) is 2.63. The number of rotatable bonds is 4. The lowest BCUT2D eigenvalue weighted by Crippen LogP contribution is -2.46. The minimum Gasteiger partial charge on any atom is -0.324 e. The molecule has 6 heteroatoms. The molecule has 0 aromatic heterocycles. The Balaban J connectivity index is 1.50. The van der Waals surface area contributed by atoms with Gasteiger partial charge in [0.25, 0.3) is 5.91 Å². The number of nitrogens with zero attached hydrogens (tertiary/aromatic N) is 1. The summed E-state index contributed by atoms with van der Waals surface area (Å²) in [6.07, 6.45) is 1.86. The Morgan fingerprint density at radius 1 is 1.20 bits per heavy atom. The third-order valence-electron chi connectivity index (χ3n) is 5.06. The first-order valence-corrected chi connectivity index (χ1v) is 8.41. The number of hydrogen-bond donors (Lipinski definition) is 2. The second-order valence-corrected chi connectivity index (χ2v) is 6.87. The fourth-order valence-electron chi connectivity index (χ4n) is 3.46. The number of amides is 4. The van der Waals surface area contributed by atoms with Crippen molar-refractivity contribution in [3.63, 3.8) is 0 Å². The molecule has 1 heterocycles. The van der Waals surface area contributed by atoms with Crippen molar-refractivity contribution < 1.29 is 14.4 Å². The molecule has 2 aromatic carbocycles. The van der Waals surface area contributed by atoms with E-state index in [2.05, 4.69) is 10.6 Å². The minimum absolute atomic E-state index is 0.176. The number of fused-ring (bicyclic) bond motifs is 1. The zero-order valence-electron chi connectivity index (χ0n) is 13.9. The van der Waals surface area contributed by atoms with Gasteiger partial charge in [-0.05, 0) is 37.1 Å². The molecule has 4 rings (SSSR count). The molecule has 2 aromatic rings. The summed E-state index contributed by atoms with van der Waals surface area (Å²) in [5.41, 5.74) is -0.198. The number of nitrogens with one attached hydrogen (secondary N) is 2. The van der Waals surface area contributed by atoms with Gasteiger partial charge in [-0.25, -0.2) is 4.79 Å². The SMILES string of the molecule is C[C@@]1(C2CC2)NC(=O)N(CC(=O)Nc2cccc3ccccc23)C1=O. The highest BCUT2D eigenvalue weighted by Crippen LogP contribution is 2.42. The summed E-state index contributed by atoms with van der Waals surface area (Å²) in [5, 5.41) is 7.49. The van der Waals surface area contributed by atoms with Crippen LogP contribution in [0, 0.1) is 5.92 Å².